The molecule has 5 heteroatoms. The topological polar surface area (TPSA) is 64.7 Å². The SMILES string of the molecule is COc1ccc(-c2cnoc2-c2ccc(OC)cc2O)cc1. The molecule has 0 aliphatic heterocycles. The van der Waals surface area contributed by atoms with Crippen LogP contribution >= 0.6 is 0 Å². The Bertz CT molecular complexity index is 778. The zero-order chi connectivity index (χ0) is 15.5. The van der Waals surface area contributed by atoms with Gasteiger partial charge in [-0.3, -0.25) is 0 Å². The summed E-state index contributed by atoms with van der Waals surface area (Å²) in [5, 5.41) is 14.0. The molecule has 22 heavy (non-hydrogen) atoms. The van der Waals surface area contributed by atoms with Crippen molar-refractivity contribution in [2.24, 2.45) is 0 Å². The molecule has 0 fully saturated rings. The first-order chi connectivity index (χ1) is 10.7. The third-order valence-corrected chi connectivity index (χ3v) is 3.42. The highest BCUT2D eigenvalue weighted by molar-refractivity contribution is 5.82. The lowest BCUT2D eigenvalue weighted by Crippen LogP contribution is -1.86. The van der Waals surface area contributed by atoms with Gasteiger partial charge >= 0.3 is 0 Å². The predicted octanol–water partition coefficient (Wildman–Crippen LogP) is 3.73. The van der Waals surface area contributed by atoms with Crippen LogP contribution in [0.25, 0.3) is 22.5 Å². The molecular formula is C17H15NO4. The molecule has 1 heterocycles. The Morgan fingerprint density at radius 1 is 0.909 bits per heavy atom. The molecule has 2 aromatic carbocycles. The van der Waals surface area contributed by atoms with E-state index in [0.717, 1.165) is 16.9 Å². The van der Waals surface area contributed by atoms with Crippen molar-refractivity contribution in [2.75, 3.05) is 14.2 Å². The zero-order valence-electron chi connectivity index (χ0n) is 12.2. The maximum atomic E-state index is 10.2. The van der Waals surface area contributed by atoms with Crippen LogP contribution in [-0.2, 0) is 0 Å². The maximum absolute atomic E-state index is 10.2. The average Bonchev–Trinajstić information content (AvgIpc) is 3.04. The van der Waals surface area contributed by atoms with E-state index in [1.54, 1.807) is 32.5 Å². The second-order valence-electron chi connectivity index (χ2n) is 4.68. The van der Waals surface area contributed by atoms with Crippen LogP contribution in [0.4, 0.5) is 0 Å². The standard InChI is InChI=1S/C17H15NO4/c1-20-12-5-3-11(4-6-12)15-10-18-22-17(15)14-8-7-13(21-2)9-16(14)19/h3-10,19H,1-2H3. The third-order valence-electron chi connectivity index (χ3n) is 3.42. The summed E-state index contributed by atoms with van der Waals surface area (Å²) >= 11 is 0. The van der Waals surface area contributed by atoms with E-state index in [9.17, 15) is 5.11 Å². The molecule has 0 unspecified atom stereocenters. The van der Waals surface area contributed by atoms with Crippen LogP contribution in [0.2, 0.25) is 0 Å². The van der Waals surface area contributed by atoms with Crippen LogP contribution in [0.5, 0.6) is 17.2 Å². The lowest BCUT2D eigenvalue weighted by Gasteiger charge is -2.07. The van der Waals surface area contributed by atoms with Crippen molar-refractivity contribution in [3.63, 3.8) is 0 Å². The lowest BCUT2D eigenvalue weighted by atomic mass is 10.0. The fourth-order valence-electron chi connectivity index (χ4n) is 2.24. The number of hydrogen-bond donors (Lipinski definition) is 1. The Labute approximate surface area is 127 Å². The van der Waals surface area contributed by atoms with Gasteiger partial charge in [-0.2, -0.15) is 0 Å². The van der Waals surface area contributed by atoms with Gasteiger partial charge in [0.05, 0.1) is 26.0 Å². The smallest absolute Gasteiger partial charge is 0.178 e. The number of phenols is 1. The van der Waals surface area contributed by atoms with Gasteiger partial charge in [0.1, 0.15) is 17.2 Å². The Morgan fingerprint density at radius 2 is 1.59 bits per heavy atom. The number of aromatic nitrogens is 1. The van der Waals surface area contributed by atoms with Gasteiger partial charge in [-0.1, -0.05) is 17.3 Å². The number of benzene rings is 2. The summed E-state index contributed by atoms with van der Waals surface area (Å²) in [7, 11) is 3.17. The van der Waals surface area contributed by atoms with E-state index >= 15 is 0 Å². The molecule has 0 saturated carbocycles. The molecule has 1 aromatic heterocycles. The lowest BCUT2D eigenvalue weighted by molar-refractivity contribution is 0.405. The van der Waals surface area contributed by atoms with Crippen LogP contribution in [0, 0.1) is 0 Å². The molecule has 0 amide bonds. The minimum atomic E-state index is 0.0749. The Kier molecular flexibility index (Phi) is 3.70. The van der Waals surface area contributed by atoms with Crippen molar-refractivity contribution in [3.05, 3.63) is 48.7 Å². The second-order valence-corrected chi connectivity index (χ2v) is 4.68. The van der Waals surface area contributed by atoms with E-state index in [0.29, 0.717) is 17.1 Å². The molecular weight excluding hydrogens is 282 g/mol. The van der Waals surface area contributed by atoms with Crippen LogP contribution in [-0.4, -0.2) is 24.5 Å². The Morgan fingerprint density at radius 3 is 2.23 bits per heavy atom. The fraction of sp³-hybridized carbons (Fsp3) is 0.118. The molecule has 3 rings (SSSR count). The summed E-state index contributed by atoms with van der Waals surface area (Å²) in [6.45, 7) is 0. The number of phenolic OH excluding ortho intramolecular Hbond substituents is 1. The third kappa shape index (κ3) is 2.48. The summed E-state index contributed by atoms with van der Waals surface area (Å²) in [6.07, 6.45) is 1.63. The number of hydrogen-bond acceptors (Lipinski definition) is 5. The predicted molar refractivity (Wildman–Crippen MR) is 82.1 cm³/mol. The van der Waals surface area contributed by atoms with Crippen molar-refractivity contribution < 1.29 is 19.1 Å². The van der Waals surface area contributed by atoms with E-state index < -0.39 is 0 Å². The van der Waals surface area contributed by atoms with Crippen molar-refractivity contribution in [1.82, 2.24) is 5.16 Å². The van der Waals surface area contributed by atoms with Gasteiger partial charge in [0.15, 0.2) is 5.76 Å². The van der Waals surface area contributed by atoms with Crippen molar-refractivity contribution >= 4 is 0 Å². The fourth-order valence-corrected chi connectivity index (χ4v) is 2.24. The van der Waals surface area contributed by atoms with Crippen molar-refractivity contribution in [1.29, 1.82) is 0 Å². The molecule has 0 radical (unpaired) electrons. The molecule has 0 saturated heterocycles. The van der Waals surface area contributed by atoms with E-state index in [1.165, 1.54) is 6.07 Å². The first-order valence-electron chi connectivity index (χ1n) is 6.69. The molecule has 3 aromatic rings. The van der Waals surface area contributed by atoms with E-state index in [1.807, 2.05) is 24.3 Å². The second kappa shape index (κ2) is 5.81. The number of ether oxygens (including phenoxy) is 2. The van der Waals surface area contributed by atoms with Gasteiger partial charge in [0.25, 0.3) is 0 Å². The average molecular weight is 297 g/mol. The number of methoxy groups -OCH3 is 2. The van der Waals surface area contributed by atoms with Gasteiger partial charge in [-0.05, 0) is 29.8 Å². The van der Waals surface area contributed by atoms with E-state index in [4.69, 9.17) is 14.0 Å². The molecule has 0 spiro atoms. The van der Waals surface area contributed by atoms with E-state index in [-0.39, 0.29) is 5.75 Å². The summed E-state index contributed by atoms with van der Waals surface area (Å²) < 4.78 is 15.6. The molecule has 1 N–H and O–H groups in total. The first kappa shape index (κ1) is 14.0. The van der Waals surface area contributed by atoms with Gasteiger partial charge in [0, 0.05) is 11.6 Å². The highest BCUT2D eigenvalue weighted by Crippen LogP contribution is 2.38. The van der Waals surface area contributed by atoms with Crippen LogP contribution in [0.1, 0.15) is 0 Å². The quantitative estimate of drug-likeness (QED) is 0.795. The van der Waals surface area contributed by atoms with Crippen molar-refractivity contribution in [2.45, 2.75) is 0 Å². The number of rotatable bonds is 4. The monoisotopic (exact) mass is 297 g/mol. The van der Waals surface area contributed by atoms with Gasteiger partial charge < -0.3 is 19.1 Å². The highest BCUT2D eigenvalue weighted by Gasteiger charge is 2.16. The van der Waals surface area contributed by atoms with Crippen LogP contribution in [0.15, 0.2) is 53.2 Å². The minimum absolute atomic E-state index is 0.0749. The zero-order valence-corrected chi connectivity index (χ0v) is 12.2. The number of nitrogens with zero attached hydrogens (tertiary/aromatic N) is 1. The summed E-state index contributed by atoms with van der Waals surface area (Å²) in [4.78, 5) is 0. The van der Waals surface area contributed by atoms with Crippen LogP contribution < -0.4 is 9.47 Å². The first-order valence-corrected chi connectivity index (χ1v) is 6.69. The molecule has 112 valence electrons. The molecule has 0 aliphatic carbocycles. The van der Waals surface area contributed by atoms with Crippen LogP contribution in [0.3, 0.4) is 0 Å². The Balaban J connectivity index is 2.04. The summed E-state index contributed by atoms with van der Waals surface area (Å²) in [5.74, 6) is 1.93. The molecule has 0 atom stereocenters. The maximum Gasteiger partial charge on any atom is 0.178 e. The van der Waals surface area contributed by atoms with Crippen molar-refractivity contribution in [3.8, 4) is 39.7 Å². The molecule has 0 bridgehead atoms. The highest BCUT2D eigenvalue weighted by atomic mass is 16.5. The molecule has 0 aliphatic rings. The number of aromatic hydroxyl groups is 1. The summed E-state index contributed by atoms with van der Waals surface area (Å²) in [5.41, 5.74) is 2.28. The molecule has 5 nitrogen and oxygen atoms in total. The van der Waals surface area contributed by atoms with Gasteiger partial charge in [-0.15, -0.1) is 0 Å². The normalized spacial score (nSPS) is 10.5. The minimum Gasteiger partial charge on any atom is -0.507 e. The van der Waals surface area contributed by atoms with E-state index in [2.05, 4.69) is 5.16 Å². The Hall–Kier alpha value is -2.95. The van der Waals surface area contributed by atoms with Gasteiger partial charge in [0.2, 0.25) is 0 Å². The summed E-state index contributed by atoms with van der Waals surface area (Å²) in [6, 6.07) is 12.6. The van der Waals surface area contributed by atoms with Gasteiger partial charge in [-0.25, -0.2) is 0 Å². The largest absolute Gasteiger partial charge is 0.507 e.